The van der Waals surface area contributed by atoms with Crippen molar-refractivity contribution in [2.24, 2.45) is 23.5 Å². The van der Waals surface area contributed by atoms with Crippen molar-refractivity contribution in [1.82, 2.24) is 20.2 Å². The number of halogens is 2. The van der Waals surface area contributed by atoms with E-state index in [2.05, 4.69) is 42.0 Å². The van der Waals surface area contributed by atoms with Crippen LogP contribution in [0.25, 0.3) is 11.0 Å². The summed E-state index contributed by atoms with van der Waals surface area (Å²) in [5.41, 5.74) is 4.55. The number of primary amides is 1. The fraction of sp³-hybridized carbons (Fsp3) is 0.641. The number of hydrogen-bond acceptors (Lipinski definition) is 7. The number of nitrogens with zero attached hydrogens (tertiary/aromatic N) is 3. The van der Waals surface area contributed by atoms with E-state index in [1.54, 1.807) is 7.11 Å². The molecule has 4 N–H and O–H groups in total. The first-order valence-corrected chi connectivity index (χ1v) is 18.2. The Hall–Kier alpha value is -4.36. The van der Waals surface area contributed by atoms with Crippen molar-refractivity contribution in [3.05, 3.63) is 39.8 Å². The van der Waals surface area contributed by atoms with Gasteiger partial charge in [0.2, 0.25) is 18.2 Å². The summed E-state index contributed by atoms with van der Waals surface area (Å²) in [7, 11) is 1.70. The van der Waals surface area contributed by atoms with Crippen LogP contribution in [-0.2, 0) is 25.0 Å². The SMILES string of the molecule is C#C.CC.CC(C)[C@H](NC=O)C(=O)N1CC[C@@H](C)[C@H]1C(N)=O.CCC.CO[C@@H]1CCC[C@H]1CCCCC(F)(F)c1nc2ccc(C#N)cc2[nH]c1=O. The smallest absolute Gasteiger partial charge is 0.295 e. The maximum Gasteiger partial charge on any atom is 0.295 e. The number of ether oxygens (including phenoxy) is 1. The molecule has 0 radical (unpaired) electrons. The molecule has 1 saturated carbocycles. The minimum atomic E-state index is -3.29. The number of amides is 3. The van der Waals surface area contributed by atoms with Gasteiger partial charge in [0.15, 0.2) is 5.69 Å². The largest absolute Gasteiger partial charge is 0.381 e. The third kappa shape index (κ3) is 14.0. The zero-order chi connectivity index (χ0) is 40.0. The number of carbonyl (C=O) groups excluding carboxylic acids is 3. The van der Waals surface area contributed by atoms with Gasteiger partial charge in [0.05, 0.1) is 28.8 Å². The average molecular weight is 731 g/mol. The molecule has 0 spiro atoms. The fourth-order valence-corrected chi connectivity index (χ4v) is 6.35. The van der Waals surface area contributed by atoms with Crippen LogP contribution in [0.5, 0.6) is 0 Å². The zero-order valence-electron chi connectivity index (χ0n) is 32.2. The molecule has 2 aliphatic rings. The number of carbonyl (C=O) groups is 3. The van der Waals surface area contributed by atoms with Gasteiger partial charge in [-0.1, -0.05) is 67.7 Å². The van der Waals surface area contributed by atoms with E-state index < -0.39 is 41.6 Å². The molecule has 52 heavy (non-hydrogen) atoms. The average Bonchev–Trinajstić information content (AvgIpc) is 3.76. The highest BCUT2D eigenvalue weighted by molar-refractivity contribution is 5.90. The molecule has 13 heteroatoms. The Morgan fingerprint density at radius 1 is 1.21 bits per heavy atom. The number of fused-ring (bicyclic) bond motifs is 1. The Bertz CT molecular complexity index is 1510. The number of terminal acetylenes is 1. The Labute approximate surface area is 308 Å². The van der Waals surface area contributed by atoms with Crippen LogP contribution in [0.1, 0.15) is 118 Å². The van der Waals surface area contributed by atoms with Crippen molar-refractivity contribution in [2.75, 3.05) is 13.7 Å². The highest BCUT2D eigenvalue weighted by Gasteiger charge is 2.41. The van der Waals surface area contributed by atoms with Crippen LogP contribution in [-0.4, -0.2) is 64.9 Å². The van der Waals surface area contributed by atoms with Crippen LogP contribution in [0.4, 0.5) is 8.78 Å². The topological polar surface area (TPSA) is 171 Å². The van der Waals surface area contributed by atoms with E-state index in [0.29, 0.717) is 37.3 Å². The lowest BCUT2D eigenvalue weighted by Crippen LogP contribution is -2.54. The molecule has 2 heterocycles. The summed E-state index contributed by atoms with van der Waals surface area (Å²) in [5.74, 6) is -3.53. The van der Waals surface area contributed by atoms with Gasteiger partial charge in [-0.3, -0.25) is 19.2 Å². The van der Waals surface area contributed by atoms with Gasteiger partial charge in [-0.25, -0.2) is 4.98 Å². The monoisotopic (exact) mass is 730 g/mol. The van der Waals surface area contributed by atoms with Gasteiger partial charge in [0, 0.05) is 20.1 Å². The number of rotatable bonds is 12. The van der Waals surface area contributed by atoms with Crippen LogP contribution in [0.2, 0.25) is 0 Å². The first kappa shape index (κ1) is 47.6. The van der Waals surface area contributed by atoms with Gasteiger partial charge in [0.25, 0.3) is 11.5 Å². The number of unbranched alkanes of at least 4 members (excludes halogenated alkanes) is 1. The fourth-order valence-electron chi connectivity index (χ4n) is 6.35. The van der Waals surface area contributed by atoms with Crippen LogP contribution < -0.4 is 16.6 Å². The lowest BCUT2D eigenvalue weighted by molar-refractivity contribution is -0.141. The second kappa shape index (κ2) is 24.8. The van der Waals surface area contributed by atoms with Crippen LogP contribution in [0.15, 0.2) is 23.0 Å². The zero-order valence-corrected chi connectivity index (χ0v) is 32.2. The second-order valence-electron chi connectivity index (χ2n) is 13.0. The third-order valence-electron chi connectivity index (χ3n) is 8.83. The van der Waals surface area contributed by atoms with Crippen molar-refractivity contribution in [2.45, 2.75) is 130 Å². The normalized spacial score (nSPS) is 19.6. The maximum atomic E-state index is 14.6. The number of methoxy groups -OCH3 is 1. The molecule has 5 atom stereocenters. The summed E-state index contributed by atoms with van der Waals surface area (Å²) >= 11 is 0. The molecule has 2 fully saturated rings. The molecule has 1 saturated heterocycles. The standard InChI is InChI=1S/C20H23F2N3O2.C12H21N3O3.C3H8.C2H6.C2H2/c1-27-17-7-4-6-14(17)5-2-3-10-20(21,22)18-19(26)25-16-11-13(12-23)8-9-15(16)24-18;1-7(2)9(14-6-16)12(18)15-5-4-8(3)10(15)11(13)17;1-3-2;2*1-2/h8-9,11,14,17H,2-7,10H2,1H3,(H,25,26);6-10H,4-5H2,1-3H3,(H2,13,17)(H,14,16);3H2,1-2H3;1-2H3;1-2H/t14-,17-;8-,9+,10+;;;/m11.../s1. The van der Waals surface area contributed by atoms with E-state index in [9.17, 15) is 28.0 Å². The van der Waals surface area contributed by atoms with E-state index in [0.717, 1.165) is 32.1 Å². The molecule has 290 valence electrons. The summed E-state index contributed by atoms with van der Waals surface area (Å²) in [6.07, 6.45) is 15.5. The molecule has 2 aromatic rings. The third-order valence-corrected chi connectivity index (χ3v) is 8.83. The second-order valence-corrected chi connectivity index (χ2v) is 13.0. The molecule has 1 aliphatic carbocycles. The van der Waals surface area contributed by atoms with Gasteiger partial charge < -0.3 is 25.7 Å². The highest BCUT2D eigenvalue weighted by Crippen LogP contribution is 2.35. The molecular weight excluding hydrogens is 670 g/mol. The van der Waals surface area contributed by atoms with Crippen molar-refractivity contribution in [3.8, 4) is 18.9 Å². The van der Waals surface area contributed by atoms with E-state index >= 15 is 0 Å². The van der Waals surface area contributed by atoms with Crippen LogP contribution in [0, 0.1) is 41.9 Å². The number of H-pyrrole nitrogens is 1. The molecule has 0 bridgehead atoms. The lowest BCUT2D eigenvalue weighted by atomic mass is 9.96. The number of aromatic nitrogens is 2. The number of alkyl halides is 2. The Balaban J connectivity index is 0.000000903. The molecule has 1 aromatic carbocycles. The number of nitrogens with two attached hydrogens (primary N) is 1. The Morgan fingerprint density at radius 3 is 2.38 bits per heavy atom. The van der Waals surface area contributed by atoms with Crippen molar-refractivity contribution in [3.63, 3.8) is 0 Å². The summed E-state index contributed by atoms with van der Waals surface area (Å²) in [5, 5.41) is 11.4. The summed E-state index contributed by atoms with van der Waals surface area (Å²) in [6, 6.07) is 5.16. The van der Waals surface area contributed by atoms with Crippen molar-refractivity contribution in [1.29, 1.82) is 5.26 Å². The van der Waals surface area contributed by atoms with Gasteiger partial charge in [0.1, 0.15) is 12.1 Å². The molecule has 3 amide bonds. The van der Waals surface area contributed by atoms with E-state index in [4.69, 9.17) is 15.7 Å². The summed E-state index contributed by atoms with van der Waals surface area (Å²) in [4.78, 5) is 54.2. The molecule has 0 unspecified atom stereocenters. The minimum absolute atomic E-state index is 0.0351. The molecule has 1 aliphatic heterocycles. The maximum absolute atomic E-state index is 14.6. The first-order valence-electron chi connectivity index (χ1n) is 18.2. The van der Waals surface area contributed by atoms with Gasteiger partial charge in [-0.05, 0) is 68.1 Å². The van der Waals surface area contributed by atoms with Crippen molar-refractivity contribution >= 4 is 29.3 Å². The quantitative estimate of drug-likeness (QED) is 0.128. The predicted molar refractivity (Wildman–Crippen MR) is 201 cm³/mol. The molecule has 1 aromatic heterocycles. The number of aromatic amines is 1. The number of hydrogen-bond donors (Lipinski definition) is 3. The van der Waals surface area contributed by atoms with Crippen LogP contribution in [0.3, 0.4) is 0 Å². The highest BCUT2D eigenvalue weighted by atomic mass is 19.3. The number of likely N-dealkylation sites (tertiary alicyclic amines) is 1. The summed E-state index contributed by atoms with van der Waals surface area (Å²) < 4.78 is 34.6. The van der Waals surface area contributed by atoms with E-state index in [-0.39, 0.29) is 34.9 Å². The van der Waals surface area contributed by atoms with E-state index in [1.165, 1.54) is 29.5 Å². The lowest BCUT2D eigenvalue weighted by Gasteiger charge is -2.29. The van der Waals surface area contributed by atoms with E-state index in [1.807, 2.05) is 40.7 Å². The molecule has 4 rings (SSSR count). The number of nitriles is 1. The Morgan fingerprint density at radius 2 is 1.85 bits per heavy atom. The number of benzene rings is 1. The first-order chi connectivity index (χ1) is 24.8. The molecular formula is C39H60F2N6O5. The Kier molecular flexibility index (Phi) is 22.7. The number of nitrogens with one attached hydrogen (secondary N) is 2. The van der Waals surface area contributed by atoms with Gasteiger partial charge in [-0.15, -0.1) is 12.8 Å². The minimum Gasteiger partial charge on any atom is -0.381 e. The van der Waals surface area contributed by atoms with Gasteiger partial charge >= 0.3 is 0 Å². The summed E-state index contributed by atoms with van der Waals surface area (Å²) in [6.45, 7) is 14.4. The van der Waals surface area contributed by atoms with Crippen LogP contribution >= 0.6 is 0 Å². The predicted octanol–water partition coefficient (Wildman–Crippen LogP) is 6.43. The van der Waals surface area contributed by atoms with Gasteiger partial charge in [-0.2, -0.15) is 14.0 Å². The molecule has 11 nitrogen and oxygen atoms in total. The van der Waals surface area contributed by atoms with Crippen molar-refractivity contribution < 1.29 is 27.9 Å².